The molecular weight excluding hydrogens is 573 g/mol. The summed E-state index contributed by atoms with van der Waals surface area (Å²) >= 11 is 0. The lowest BCUT2D eigenvalue weighted by Crippen LogP contribution is -2.54. The number of halogens is 1. The van der Waals surface area contributed by atoms with Gasteiger partial charge in [0.25, 0.3) is 0 Å². The van der Waals surface area contributed by atoms with Gasteiger partial charge < -0.3 is 19.7 Å². The fourth-order valence-electron chi connectivity index (χ4n) is 4.86. The molecule has 3 aromatic carbocycles. The Hall–Kier alpha value is -4.12. The summed E-state index contributed by atoms with van der Waals surface area (Å²) in [6.45, 7) is 5.49. The van der Waals surface area contributed by atoms with Crippen molar-refractivity contribution in [1.82, 2.24) is 10.2 Å². The topological polar surface area (TPSA) is 105 Å². The van der Waals surface area contributed by atoms with Crippen molar-refractivity contribution in [3.63, 3.8) is 0 Å². The van der Waals surface area contributed by atoms with Gasteiger partial charge in [-0.3, -0.25) is 13.9 Å². The summed E-state index contributed by atoms with van der Waals surface area (Å²) in [5, 5.41) is 2.98. The van der Waals surface area contributed by atoms with Gasteiger partial charge in [-0.15, -0.1) is 0 Å². The van der Waals surface area contributed by atoms with Crippen molar-refractivity contribution in [2.75, 3.05) is 23.9 Å². The quantitative estimate of drug-likeness (QED) is 0.320. The highest BCUT2D eigenvalue weighted by Gasteiger charge is 2.33. The largest absolute Gasteiger partial charge is 0.454 e. The first-order valence-corrected chi connectivity index (χ1v) is 15.9. The molecule has 0 unspecified atom stereocenters. The molecule has 230 valence electrons. The molecule has 0 bridgehead atoms. The molecule has 1 aliphatic rings. The third-order valence-corrected chi connectivity index (χ3v) is 8.06. The van der Waals surface area contributed by atoms with Crippen molar-refractivity contribution in [3.05, 3.63) is 89.7 Å². The Morgan fingerprint density at radius 3 is 2.33 bits per heavy atom. The Balaban J connectivity index is 1.60. The number of carbonyl (C=O) groups excluding carboxylic acids is 2. The van der Waals surface area contributed by atoms with Crippen molar-refractivity contribution < 1.29 is 31.9 Å². The van der Waals surface area contributed by atoms with Gasteiger partial charge in [0.15, 0.2) is 11.5 Å². The molecule has 3 aromatic rings. The smallest absolute Gasteiger partial charge is 0.243 e. The normalized spacial score (nSPS) is 13.3. The Labute approximate surface area is 252 Å². The van der Waals surface area contributed by atoms with Crippen LogP contribution in [-0.2, 0) is 32.6 Å². The van der Waals surface area contributed by atoms with E-state index in [0.29, 0.717) is 17.2 Å². The van der Waals surface area contributed by atoms with Crippen molar-refractivity contribution >= 4 is 27.5 Å². The predicted octanol–water partition coefficient (Wildman–Crippen LogP) is 4.66. The van der Waals surface area contributed by atoms with Gasteiger partial charge in [-0.2, -0.15) is 0 Å². The van der Waals surface area contributed by atoms with Gasteiger partial charge in [0, 0.05) is 43.1 Å². The molecule has 0 radical (unpaired) electrons. The standard InChI is InChI=1S/C32H38FN3O6S/c1-32(2,3)34-31(38)27(19-23-11-6-5-7-12-23)35(21-24-13-8-9-14-26(24)33)30(37)15-10-18-36(43(4,39)40)25-16-17-28-29(20-25)42-22-41-28/h5-9,11-14,16-17,20,27H,10,15,18-19,21-22H2,1-4H3,(H,34,38)/t27-/m0/s1. The van der Waals surface area contributed by atoms with Crippen LogP contribution in [-0.4, -0.2) is 56.3 Å². The average molecular weight is 612 g/mol. The first-order chi connectivity index (χ1) is 20.3. The van der Waals surface area contributed by atoms with E-state index in [-0.39, 0.29) is 50.6 Å². The monoisotopic (exact) mass is 611 g/mol. The molecule has 1 aliphatic heterocycles. The zero-order valence-corrected chi connectivity index (χ0v) is 25.7. The minimum absolute atomic E-state index is 0.00922. The molecule has 2 amide bonds. The van der Waals surface area contributed by atoms with Crippen LogP contribution in [0.25, 0.3) is 0 Å². The molecule has 0 aromatic heterocycles. The van der Waals surface area contributed by atoms with Gasteiger partial charge >= 0.3 is 0 Å². The van der Waals surface area contributed by atoms with E-state index in [1.54, 1.807) is 36.4 Å². The predicted molar refractivity (Wildman–Crippen MR) is 163 cm³/mol. The molecule has 0 spiro atoms. The minimum Gasteiger partial charge on any atom is -0.454 e. The van der Waals surface area contributed by atoms with Crippen LogP contribution in [0.2, 0.25) is 0 Å². The summed E-state index contributed by atoms with van der Waals surface area (Å²) < 4.78 is 52.2. The maximum absolute atomic E-state index is 14.8. The van der Waals surface area contributed by atoms with Gasteiger partial charge in [0.1, 0.15) is 11.9 Å². The first kappa shape index (κ1) is 31.8. The SMILES string of the molecule is CC(C)(C)NC(=O)[C@H](Cc1ccccc1)N(Cc1ccccc1F)C(=O)CCCN(c1ccc2c(c1)OCO2)S(C)(=O)=O. The molecule has 1 atom stereocenters. The highest BCUT2D eigenvalue weighted by molar-refractivity contribution is 7.92. The van der Waals surface area contributed by atoms with Crippen LogP contribution >= 0.6 is 0 Å². The van der Waals surface area contributed by atoms with Gasteiger partial charge in [-0.25, -0.2) is 12.8 Å². The summed E-state index contributed by atoms with van der Waals surface area (Å²) in [7, 11) is -3.70. The number of sulfonamides is 1. The van der Waals surface area contributed by atoms with E-state index in [4.69, 9.17) is 9.47 Å². The first-order valence-electron chi connectivity index (χ1n) is 14.1. The van der Waals surface area contributed by atoms with Crippen LogP contribution in [0.3, 0.4) is 0 Å². The van der Waals surface area contributed by atoms with Crippen LogP contribution in [0.1, 0.15) is 44.7 Å². The van der Waals surface area contributed by atoms with Crippen LogP contribution < -0.4 is 19.1 Å². The number of nitrogens with zero attached hydrogens (tertiary/aromatic N) is 2. The molecule has 0 fully saturated rings. The third-order valence-electron chi connectivity index (χ3n) is 6.86. The van der Waals surface area contributed by atoms with Gasteiger partial charge in [-0.1, -0.05) is 48.5 Å². The van der Waals surface area contributed by atoms with E-state index in [9.17, 15) is 22.4 Å². The van der Waals surface area contributed by atoms with E-state index in [2.05, 4.69) is 5.32 Å². The lowest BCUT2D eigenvalue weighted by Gasteiger charge is -2.34. The fraction of sp³-hybridized carbons (Fsp3) is 0.375. The lowest BCUT2D eigenvalue weighted by molar-refractivity contribution is -0.142. The molecule has 0 aliphatic carbocycles. The van der Waals surface area contributed by atoms with Crippen LogP contribution in [0, 0.1) is 5.82 Å². The summed E-state index contributed by atoms with van der Waals surface area (Å²) in [4.78, 5) is 29.0. The van der Waals surface area contributed by atoms with Crippen molar-refractivity contribution in [2.45, 2.75) is 58.2 Å². The van der Waals surface area contributed by atoms with Gasteiger partial charge in [-0.05, 0) is 51.0 Å². The molecule has 43 heavy (non-hydrogen) atoms. The third kappa shape index (κ3) is 8.70. The molecular formula is C32H38FN3O6S. The second-order valence-electron chi connectivity index (χ2n) is 11.5. The van der Waals surface area contributed by atoms with E-state index in [1.807, 2.05) is 51.1 Å². The number of fused-ring (bicyclic) bond motifs is 1. The molecule has 11 heteroatoms. The molecule has 4 rings (SSSR count). The number of anilines is 1. The summed E-state index contributed by atoms with van der Waals surface area (Å²) in [5.41, 5.74) is 0.928. The van der Waals surface area contributed by atoms with Gasteiger partial charge in [0.05, 0.1) is 11.9 Å². The Bertz CT molecular complexity index is 1540. The second-order valence-corrected chi connectivity index (χ2v) is 13.4. The highest BCUT2D eigenvalue weighted by Crippen LogP contribution is 2.36. The Kier molecular flexibility index (Phi) is 9.95. The summed E-state index contributed by atoms with van der Waals surface area (Å²) in [5.74, 6) is -0.284. The summed E-state index contributed by atoms with van der Waals surface area (Å²) in [6, 6.07) is 19.4. The van der Waals surface area contributed by atoms with E-state index in [0.717, 1.165) is 11.8 Å². The van der Waals surface area contributed by atoms with Crippen molar-refractivity contribution in [2.24, 2.45) is 0 Å². The number of carbonyl (C=O) groups is 2. The number of amides is 2. The minimum atomic E-state index is -3.70. The lowest BCUT2D eigenvalue weighted by atomic mass is 10.00. The molecule has 1 heterocycles. The molecule has 0 saturated carbocycles. The summed E-state index contributed by atoms with van der Waals surface area (Å²) in [6.07, 6.45) is 1.40. The van der Waals surface area contributed by atoms with Gasteiger partial charge in [0.2, 0.25) is 28.6 Å². The fourth-order valence-corrected chi connectivity index (χ4v) is 5.82. The molecule has 1 N–H and O–H groups in total. The van der Waals surface area contributed by atoms with Crippen molar-refractivity contribution in [3.8, 4) is 11.5 Å². The van der Waals surface area contributed by atoms with Crippen molar-refractivity contribution in [1.29, 1.82) is 0 Å². The molecule has 9 nitrogen and oxygen atoms in total. The number of ether oxygens (including phenoxy) is 2. The maximum atomic E-state index is 14.8. The molecule has 0 saturated heterocycles. The maximum Gasteiger partial charge on any atom is 0.243 e. The van der Waals surface area contributed by atoms with E-state index < -0.39 is 33.3 Å². The average Bonchev–Trinajstić information content (AvgIpc) is 3.41. The highest BCUT2D eigenvalue weighted by atomic mass is 32.2. The number of nitrogens with one attached hydrogen (secondary N) is 1. The Morgan fingerprint density at radius 2 is 1.65 bits per heavy atom. The number of rotatable bonds is 12. The zero-order valence-electron chi connectivity index (χ0n) is 24.9. The number of hydrogen-bond acceptors (Lipinski definition) is 6. The zero-order chi connectivity index (χ0) is 31.2. The van der Waals surface area contributed by atoms with Crippen LogP contribution in [0.5, 0.6) is 11.5 Å². The van der Waals surface area contributed by atoms with Crippen LogP contribution in [0.4, 0.5) is 10.1 Å². The Morgan fingerprint density at radius 1 is 0.977 bits per heavy atom. The van der Waals surface area contributed by atoms with E-state index in [1.165, 1.54) is 15.3 Å². The van der Waals surface area contributed by atoms with Crippen LogP contribution in [0.15, 0.2) is 72.8 Å². The number of benzene rings is 3. The second kappa shape index (κ2) is 13.5. The van der Waals surface area contributed by atoms with E-state index >= 15 is 0 Å². The number of hydrogen-bond donors (Lipinski definition) is 1.